The molecule has 0 spiro atoms. The Morgan fingerprint density at radius 3 is 2.50 bits per heavy atom. The largest absolute Gasteiger partial charge is 0.417 e. The lowest BCUT2D eigenvalue weighted by molar-refractivity contribution is -0.137. The Bertz CT molecular complexity index is 996. The maximum atomic E-state index is 13.2. The van der Waals surface area contributed by atoms with Gasteiger partial charge in [0.15, 0.2) is 0 Å². The van der Waals surface area contributed by atoms with Crippen molar-refractivity contribution in [1.29, 1.82) is 0 Å². The molecule has 0 saturated heterocycles. The molecule has 0 saturated carbocycles. The maximum Gasteiger partial charge on any atom is 0.417 e. The first-order valence-corrected chi connectivity index (χ1v) is 9.43. The Morgan fingerprint density at radius 2 is 1.83 bits per heavy atom. The third-order valence-corrected chi connectivity index (χ3v) is 4.37. The molecular weight excluding hydrogens is 417 g/mol. The number of likely N-dealkylation sites (N-methyl/N-ethyl adjacent to an activating group) is 1. The summed E-state index contributed by atoms with van der Waals surface area (Å²) in [5.74, 6) is 0.668. The SMILES string of the molecule is CN(C)CCNc1nc(Nc2ccc(Cl)c(C(F)(F)F)c2)cc(-c2ccccn2)n1. The summed E-state index contributed by atoms with van der Waals surface area (Å²) in [6.07, 6.45) is -2.92. The van der Waals surface area contributed by atoms with E-state index < -0.39 is 11.7 Å². The first-order chi connectivity index (χ1) is 14.2. The van der Waals surface area contributed by atoms with E-state index in [1.54, 1.807) is 24.4 Å². The molecule has 2 heterocycles. The van der Waals surface area contributed by atoms with Crippen LogP contribution in [0.4, 0.5) is 30.6 Å². The molecule has 30 heavy (non-hydrogen) atoms. The van der Waals surface area contributed by atoms with Gasteiger partial charge in [-0.15, -0.1) is 0 Å². The molecule has 3 aromatic rings. The normalized spacial score (nSPS) is 11.6. The molecule has 0 amide bonds. The van der Waals surface area contributed by atoms with Crippen molar-refractivity contribution in [2.75, 3.05) is 37.8 Å². The second kappa shape index (κ2) is 9.27. The van der Waals surface area contributed by atoms with Gasteiger partial charge in [-0.1, -0.05) is 17.7 Å². The highest BCUT2D eigenvalue weighted by Gasteiger charge is 2.33. The Balaban J connectivity index is 1.93. The zero-order valence-electron chi connectivity index (χ0n) is 16.3. The fourth-order valence-corrected chi connectivity index (χ4v) is 2.82. The van der Waals surface area contributed by atoms with Crippen molar-refractivity contribution in [2.24, 2.45) is 0 Å². The third-order valence-electron chi connectivity index (χ3n) is 4.04. The lowest BCUT2D eigenvalue weighted by Gasteiger charge is -2.14. The molecule has 0 radical (unpaired) electrons. The van der Waals surface area contributed by atoms with Crippen LogP contribution in [0.25, 0.3) is 11.4 Å². The summed E-state index contributed by atoms with van der Waals surface area (Å²) in [5.41, 5.74) is 0.435. The van der Waals surface area contributed by atoms with Crippen molar-refractivity contribution in [3.8, 4) is 11.4 Å². The van der Waals surface area contributed by atoms with Crippen LogP contribution in [-0.4, -0.2) is 47.0 Å². The molecule has 2 N–H and O–H groups in total. The number of hydrogen-bond donors (Lipinski definition) is 2. The molecule has 2 aromatic heterocycles. The molecule has 0 aliphatic rings. The molecule has 0 aliphatic carbocycles. The first-order valence-electron chi connectivity index (χ1n) is 9.05. The quantitative estimate of drug-likeness (QED) is 0.547. The summed E-state index contributed by atoms with van der Waals surface area (Å²) in [7, 11) is 3.89. The van der Waals surface area contributed by atoms with Crippen LogP contribution >= 0.6 is 11.6 Å². The summed E-state index contributed by atoms with van der Waals surface area (Å²) < 4.78 is 39.5. The van der Waals surface area contributed by atoms with Gasteiger partial charge < -0.3 is 15.5 Å². The highest BCUT2D eigenvalue weighted by Crippen LogP contribution is 2.36. The molecule has 0 aliphatic heterocycles. The van der Waals surface area contributed by atoms with Crippen LogP contribution in [0.3, 0.4) is 0 Å². The van der Waals surface area contributed by atoms with Crippen LogP contribution < -0.4 is 10.6 Å². The molecule has 0 unspecified atom stereocenters. The van der Waals surface area contributed by atoms with Crippen LogP contribution in [0.15, 0.2) is 48.7 Å². The fraction of sp³-hybridized carbons (Fsp3) is 0.250. The van der Waals surface area contributed by atoms with Crippen LogP contribution in [0, 0.1) is 0 Å². The summed E-state index contributed by atoms with van der Waals surface area (Å²) >= 11 is 5.70. The lowest BCUT2D eigenvalue weighted by atomic mass is 10.2. The Hall–Kier alpha value is -2.91. The number of nitrogens with one attached hydrogen (secondary N) is 2. The summed E-state index contributed by atoms with van der Waals surface area (Å²) in [6.45, 7) is 1.35. The van der Waals surface area contributed by atoms with E-state index in [9.17, 15) is 13.2 Å². The number of anilines is 3. The van der Waals surface area contributed by atoms with E-state index in [2.05, 4.69) is 25.6 Å². The van der Waals surface area contributed by atoms with Crippen molar-refractivity contribution < 1.29 is 13.2 Å². The van der Waals surface area contributed by atoms with Gasteiger partial charge in [0.1, 0.15) is 5.82 Å². The number of alkyl halides is 3. The van der Waals surface area contributed by atoms with Crippen molar-refractivity contribution in [3.63, 3.8) is 0 Å². The predicted octanol–water partition coefficient (Wildman–Crippen LogP) is 4.93. The predicted molar refractivity (Wildman–Crippen MR) is 112 cm³/mol. The van der Waals surface area contributed by atoms with Crippen LogP contribution in [-0.2, 0) is 6.18 Å². The molecule has 6 nitrogen and oxygen atoms in total. The van der Waals surface area contributed by atoms with Gasteiger partial charge in [-0.2, -0.15) is 18.2 Å². The van der Waals surface area contributed by atoms with Gasteiger partial charge in [0.25, 0.3) is 0 Å². The lowest BCUT2D eigenvalue weighted by Crippen LogP contribution is -2.21. The van der Waals surface area contributed by atoms with Crippen molar-refractivity contribution in [2.45, 2.75) is 6.18 Å². The van der Waals surface area contributed by atoms with Crippen molar-refractivity contribution in [3.05, 3.63) is 59.2 Å². The van der Waals surface area contributed by atoms with Gasteiger partial charge in [-0.3, -0.25) is 4.98 Å². The summed E-state index contributed by atoms with van der Waals surface area (Å²) in [4.78, 5) is 15.1. The van der Waals surface area contributed by atoms with E-state index in [4.69, 9.17) is 11.6 Å². The maximum absolute atomic E-state index is 13.2. The average Bonchev–Trinajstić information content (AvgIpc) is 2.69. The van der Waals surface area contributed by atoms with Gasteiger partial charge in [0.05, 0.1) is 22.0 Å². The summed E-state index contributed by atoms with van der Waals surface area (Å²) in [5, 5.41) is 5.66. The van der Waals surface area contributed by atoms with Gasteiger partial charge in [0, 0.05) is 31.0 Å². The molecule has 158 valence electrons. The highest BCUT2D eigenvalue weighted by atomic mass is 35.5. The van der Waals surface area contributed by atoms with Gasteiger partial charge in [-0.25, -0.2) is 4.98 Å². The van der Waals surface area contributed by atoms with E-state index in [1.807, 2.05) is 25.1 Å². The van der Waals surface area contributed by atoms with Crippen molar-refractivity contribution >= 4 is 29.1 Å². The Labute approximate surface area is 177 Å². The van der Waals surface area contributed by atoms with E-state index >= 15 is 0 Å². The minimum atomic E-state index is -4.56. The minimum Gasteiger partial charge on any atom is -0.353 e. The molecule has 1 aromatic carbocycles. The average molecular weight is 437 g/mol. The van der Waals surface area contributed by atoms with E-state index in [0.717, 1.165) is 12.6 Å². The van der Waals surface area contributed by atoms with E-state index in [1.165, 1.54) is 12.1 Å². The van der Waals surface area contributed by atoms with E-state index in [-0.39, 0.29) is 10.7 Å². The number of aromatic nitrogens is 3. The third kappa shape index (κ3) is 5.80. The number of benzene rings is 1. The fourth-order valence-electron chi connectivity index (χ4n) is 2.60. The number of rotatable bonds is 7. The molecular formula is C20H20ClF3N6. The molecule has 0 atom stereocenters. The molecule has 10 heteroatoms. The standard InChI is InChI=1S/C20H20ClF3N6/c1-30(2)10-9-26-19-28-17(16-5-3-4-8-25-16)12-18(29-19)27-13-6-7-15(21)14(11-13)20(22,23)24/h3-8,11-12H,9-10H2,1-2H3,(H2,26,27,28,29). The zero-order chi connectivity index (χ0) is 21.7. The first kappa shape index (κ1) is 21.8. The van der Waals surface area contributed by atoms with Crippen LogP contribution in [0.1, 0.15) is 5.56 Å². The van der Waals surface area contributed by atoms with Crippen LogP contribution in [0.2, 0.25) is 5.02 Å². The summed E-state index contributed by atoms with van der Waals surface area (Å²) in [6, 6.07) is 10.6. The second-order valence-corrected chi connectivity index (χ2v) is 7.13. The number of halogens is 4. The molecule has 0 fully saturated rings. The molecule has 3 rings (SSSR count). The smallest absolute Gasteiger partial charge is 0.353 e. The van der Waals surface area contributed by atoms with Crippen molar-refractivity contribution in [1.82, 2.24) is 19.9 Å². The van der Waals surface area contributed by atoms with E-state index in [0.29, 0.717) is 29.7 Å². The zero-order valence-corrected chi connectivity index (χ0v) is 17.1. The number of nitrogens with zero attached hydrogens (tertiary/aromatic N) is 4. The molecule has 0 bridgehead atoms. The topological polar surface area (TPSA) is 66.0 Å². The van der Waals surface area contributed by atoms with Gasteiger partial charge in [0.2, 0.25) is 5.95 Å². The Kier molecular flexibility index (Phi) is 6.73. The monoisotopic (exact) mass is 436 g/mol. The van der Waals surface area contributed by atoms with Gasteiger partial charge in [-0.05, 0) is 44.4 Å². The number of hydrogen-bond acceptors (Lipinski definition) is 6. The minimum absolute atomic E-state index is 0.205. The van der Waals surface area contributed by atoms with Gasteiger partial charge >= 0.3 is 6.18 Å². The van der Waals surface area contributed by atoms with Crippen LogP contribution in [0.5, 0.6) is 0 Å². The second-order valence-electron chi connectivity index (χ2n) is 6.72. The highest BCUT2D eigenvalue weighted by molar-refractivity contribution is 6.31. The Morgan fingerprint density at radius 1 is 1.03 bits per heavy atom. The number of pyridine rings is 1.